The molecule has 0 aliphatic carbocycles. The number of ether oxygens (including phenoxy) is 1. The van der Waals surface area contributed by atoms with Gasteiger partial charge in [-0.15, -0.1) is 0 Å². The number of nitrogen functional groups attached to an aromatic ring is 1. The molecule has 0 spiro atoms. The number of nitrogens with two attached hydrogens (primary N) is 1. The smallest absolute Gasteiger partial charge is 0.123 e. The van der Waals surface area contributed by atoms with Gasteiger partial charge in [0.15, 0.2) is 0 Å². The van der Waals surface area contributed by atoms with E-state index < -0.39 is 0 Å². The molecule has 2 aromatic carbocycles. The minimum Gasteiger partial charge on any atom is -0.397 e. The van der Waals surface area contributed by atoms with Crippen LogP contribution in [-0.4, -0.2) is 37.2 Å². The molecule has 2 heterocycles. The number of halogens is 1. The third-order valence-electron chi connectivity index (χ3n) is 5.75. The van der Waals surface area contributed by atoms with Gasteiger partial charge in [-0.2, -0.15) is 0 Å². The van der Waals surface area contributed by atoms with Crippen LogP contribution in [0.3, 0.4) is 0 Å². The molecular weight excluding hydrogens is 341 g/mol. The van der Waals surface area contributed by atoms with E-state index in [2.05, 4.69) is 10.2 Å². The molecule has 2 aliphatic rings. The van der Waals surface area contributed by atoms with E-state index in [1.165, 1.54) is 12.1 Å². The highest BCUT2D eigenvalue weighted by molar-refractivity contribution is 5.65. The lowest BCUT2D eigenvalue weighted by Crippen LogP contribution is -2.41. The lowest BCUT2D eigenvalue weighted by atomic mass is 9.98. The predicted octanol–water partition coefficient (Wildman–Crippen LogP) is 4.06. The van der Waals surface area contributed by atoms with Gasteiger partial charge in [0.2, 0.25) is 0 Å². The number of rotatable bonds is 5. The molecule has 2 aliphatic heterocycles. The topological polar surface area (TPSA) is 50.5 Å². The summed E-state index contributed by atoms with van der Waals surface area (Å²) in [5.41, 5.74) is 8.98. The highest BCUT2D eigenvalue weighted by atomic mass is 19.1. The molecule has 0 amide bonds. The van der Waals surface area contributed by atoms with Gasteiger partial charge < -0.3 is 20.7 Å². The van der Waals surface area contributed by atoms with Crippen molar-refractivity contribution in [3.8, 4) is 0 Å². The molecule has 2 aromatic rings. The fourth-order valence-electron chi connectivity index (χ4n) is 4.20. The van der Waals surface area contributed by atoms with Gasteiger partial charge in [0.05, 0.1) is 24.1 Å². The number of nitrogens with zero attached hydrogens (tertiary/aromatic N) is 1. The Labute approximate surface area is 160 Å². The standard InChI is InChI=1S/C22H28FN3O/c23-18-7-5-17(6-8-18)22-13-16(15-27-22)14-26-11-9-19(10-12-26)25-21-4-2-1-3-20(21)24/h1-8,16,19,22,25H,9-15,24H2/t16-,22+/m1/s1. The summed E-state index contributed by atoms with van der Waals surface area (Å²) in [6, 6.07) is 15.2. The van der Waals surface area contributed by atoms with Crippen LogP contribution in [0.1, 0.15) is 30.9 Å². The van der Waals surface area contributed by atoms with E-state index in [9.17, 15) is 4.39 Å². The summed E-state index contributed by atoms with van der Waals surface area (Å²) in [6.07, 6.45) is 3.38. The number of benzene rings is 2. The second-order valence-corrected chi connectivity index (χ2v) is 7.78. The van der Waals surface area contributed by atoms with E-state index in [0.29, 0.717) is 12.0 Å². The summed E-state index contributed by atoms with van der Waals surface area (Å²) in [5.74, 6) is 0.358. The fourth-order valence-corrected chi connectivity index (χ4v) is 4.20. The molecule has 5 heteroatoms. The predicted molar refractivity (Wildman–Crippen MR) is 107 cm³/mol. The number of likely N-dealkylation sites (tertiary alicyclic amines) is 1. The number of para-hydroxylation sites is 2. The van der Waals surface area contributed by atoms with Crippen molar-refractivity contribution >= 4 is 11.4 Å². The summed E-state index contributed by atoms with van der Waals surface area (Å²) in [4.78, 5) is 2.55. The van der Waals surface area contributed by atoms with Crippen LogP contribution in [0.5, 0.6) is 0 Å². The van der Waals surface area contributed by atoms with Gasteiger partial charge in [-0.05, 0) is 55.0 Å². The quantitative estimate of drug-likeness (QED) is 0.781. The molecule has 0 radical (unpaired) electrons. The van der Waals surface area contributed by atoms with E-state index >= 15 is 0 Å². The SMILES string of the molecule is Nc1ccccc1NC1CCN(C[C@@H]2CO[C@H](c3ccc(F)cc3)C2)CC1. The second-order valence-electron chi connectivity index (χ2n) is 7.78. The average Bonchev–Trinajstić information content (AvgIpc) is 3.14. The molecule has 0 unspecified atom stereocenters. The van der Waals surface area contributed by atoms with Gasteiger partial charge in [-0.3, -0.25) is 0 Å². The molecule has 0 bridgehead atoms. The van der Waals surface area contributed by atoms with E-state index in [-0.39, 0.29) is 11.9 Å². The summed E-state index contributed by atoms with van der Waals surface area (Å²) in [6.45, 7) is 4.07. The average molecular weight is 369 g/mol. The maximum Gasteiger partial charge on any atom is 0.123 e. The van der Waals surface area contributed by atoms with Crippen molar-refractivity contribution in [1.82, 2.24) is 4.90 Å². The first-order valence-electron chi connectivity index (χ1n) is 9.88. The van der Waals surface area contributed by atoms with Crippen molar-refractivity contribution in [1.29, 1.82) is 0 Å². The van der Waals surface area contributed by atoms with Gasteiger partial charge in [-0.1, -0.05) is 24.3 Å². The molecule has 27 heavy (non-hydrogen) atoms. The zero-order valence-electron chi connectivity index (χ0n) is 15.6. The highest BCUT2D eigenvalue weighted by Crippen LogP contribution is 2.33. The Bertz CT molecular complexity index is 743. The second kappa shape index (κ2) is 8.28. The first-order chi connectivity index (χ1) is 13.2. The lowest BCUT2D eigenvalue weighted by molar-refractivity contribution is 0.102. The molecule has 2 atom stereocenters. The molecule has 4 nitrogen and oxygen atoms in total. The summed E-state index contributed by atoms with van der Waals surface area (Å²) >= 11 is 0. The zero-order chi connectivity index (χ0) is 18.6. The molecule has 2 fully saturated rings. The van der Waals surface area contributed by atoms with Crippen LogP contribution in [0, 0.1) is 11.7 Å². The maximum absolute atomic E-state index is 13.1. The van der Waals surface area contributed by atoms with E-state index in [1.807, 2.05) is 36.4 Å². The van der Waals surface area contributed by atoms with Crippen molar-refractivity contribution in [3.63, 3.8) is 0 Å². The summed E-state index contributed by atoms with van der Waals surface area (Å²) in [7, 11) is 0. The molecule has 144 valence electrons. The molecule has 0 aromatic heterocycles. The fraction of sp³-hybridized carbons (Fsp3) is 0.455. The number of piperidine rings is 1. The Hall–Kier alpha value is -2.11. The van der Waals surface area contributed by atoms with Crippen LogP contribution in [0.4, 0.5) is 15.8 Å². The number of anilines is 2. The first-order valence-corrected chi connectivity index (χ1v) is 9.88. The number of nitrogens with one attached hydrogen (secondary N) is 1. The van der Waals surface area contributed by atoms with Crippen molar-refractivity contribution in [3.05, 3.63) is 59.9 Å². The van der Waals surface area contributed by atoms with Crippen LogP contribution >= 0.6 is 0 Å². The Morgan fingerprint density at radius 1 is 1.07 bits per heavy atom. The normalized spacial score (nSPS) is 24.2. The maximum atomic E-state index is 13.1. The van der Waals surface area contributed by atoms with Crippen LogP contribution in [-0.2, 0) is 4.74 Å². The molecular formula is C22H28FN3O. The van der Waals surface area contributed by atoms with Gasteiger partial charge in [-0.25, -0.2) is 4.39 Å². The third kappa shape index (κ3) is 4.60. The van der Waals surface area contributed by atoms with Crippen molar-refractivity contribution < 1.29 is 9.13 Å². The van der Waals surface area contributed by atoms with Gasteiger partial charge in [0, 0.05) is 25.7 Å². The number of hydrogen-bond acceptors (Lipinski definition) is 4. The Balaban J connectivity index is 1.23. The lowest BCUT2D eigenvalue weighted by Gasteiger charge is -2.34. The van der Waals surface area contributed by atoms with Crippen molar-refractivity contribution in [2.75, 3.05) is 37.3 Å². The first kappa shape index (κ1) is 18.3. The molecule has 4 rings (SSSR count). The third-order valence-corrected chi connectivity index (χ3v) is 5.75. The molecule has 2 saturated heterocycles. The van der Waals surface area contributed by atoms with Gasteiger partial charge in [0.1, 0.15) is 5.82 Å². The largest absolute Gasteiger partial charge is 0.397 e. The zero-order valence-corrected chi connectivity index (χ0v) is 15.6. The highest BCUT2D eigenvalue weighted by Gasteiger charge is 2.29. The van der Waals surface area contributed by atoms with Crippen molar-refractivity contribution in [2.24, 2.45) is 5.92 Å². The summed E-state index contributed by atoms with van der Waals surface area (Å²) in [5, 5.41) is 3.59. The monoisotopic (exact) mass is 369 g/mol. The minimum absolute atomic E-state index is 0.107. The molecule has 0 saturated carbocycles. The Morgan fingerprint density at radius 3 is 2.56 bits per heavy atom. The van der Waals surface area contributed by atoms with Gasteiger partial charge >= 0.3 is 0 Å². The van der Waals surface area contributed by atoms with Crippen molar-refractivity contribution in [2.45, 2.75) is 31.4 Å². The van der Waals surface area contributed by atoms with Crippen LogP contribution in [0.15, 0.2) is 48.5 Å². The van der Waals surface area contributed by atoms with Crippen LogP contribution in [0.25, 0.3) is 0 Å². The minimum atomic E-state index is -0.193. The van der Waals surface area contributed by atoms with Gasteiger partial charge in [0.25, 0.3) is 0 Å². The van der Waals surface area contributed by atoms with E-state index in [4.69, 9.17) is 10.5 Å². The summed E-state index contributed by atoms with van der Waals surface area (Å²) < 4.78 is 19.1. The number of hydrogen-bond donors (Lipinski definition) is 2. The van der Waals surface area contributed by atoms with Crippen LogP contribution < -0.4 is 11.1 Å². The Morgan fingerprint density at radius 2 is 1.81 bits per heavy atom. The van der Waals surface area contributed by atoms with Crippen LogP contribution in [0.2, 0.25) is 0 Å². The van der Waals surface area contributed by atoms with E-state index in [0.717, 1.165) is 62.4 Å². The van der Waals surface area contributed by atoms with E-state index in [1.54, 1.807) is 0 Å². The molecule has 3 N–H and O–H groups in total. The Kier molecular flexibility index (Phi) is 5.60.